The number of rotatable bonds is 5. The normalized spacial score (nSPS) is 10.7. The highest BCUT2D eigenvalue weighted by Gasteiger charge is 2.14. The van der Waals surface area contributed by atoms with Crippen LogP contribution in [0.3, 0.4) is 0 Å². The van der Waals surface area contributed by atoms with Gasteiger partial charge < -0.3 is 10.3 Å². The molecule has 5 rings (SSSR count). The lowest BCUT2D eigenvalue weighted by Crippen LogP contribution is -2.32. The zero-order valence-electron chi connectivity index (χ0n) is 18.1. The summed E-state index contributed by atoms with van der Waals surface area (Å²) >= 11 is 6.28. The van der Waals surface area contributed by atoms with Crippen LogP contribution in [-0.4, -0.2) is 19.6 Å². The number of halogens is 2. The van der Waals surface area contributed by atoms with Gasteiger partial charge in [0.1, 0.15) is 11.5 Å². The summed E-state index contributed by atoms with van der Waals surface area (Å²) < 4.78 is 14.6. The first-order valence-electron chi connectivity index (χ1n) is 10.5. The summed E-state index contributed by atoms with van der Waals surface area (Å²) in [5.41, 5.74) is 5.30. The molecule has 33 heavy (non-hydrogen) atoms. The number of hydrogen-bond acceptors (Lipinski definition) is 5. The summed E-state index contributed by atoms with van der Waals surface area (Å²) in [6.45, 7) is 4.25. The highest BCUT2D eigenvalue weighted by atomic mass is 35.5. The molecule has 0 spiro atoms. The van der Waals surface area contributed by atoms with Gasteiger partial charge in [-0.2, -0.15) is 0 Å². The van der Waals surface area contributed by atoms with E-state index in [1.54, 1.807) is 36.5 Å². The van der Waals surface area contributed by atoms with E-state index in [0.29, 0.717) is 27.4 Å². The molecule has 0 bridgehead atoms. The summed E-state index contributed by atoms with van der Waals surface area (Å²) in [5.74, 6) is 0.0669. The SMILES string of the molecule is CC.O=c1c2c(Cl)cccc2nc(CNc2ccnc3[nH]ccc23)n1Nc1ccc(F)cc1. The Morgan fingerprint density at radius 2 is 1.88 bits per heavy atom. The summed E-state index contributed by atoms with van der Waals surface area (Å²) in [7, 11) is 0. The molecular formula is C24H22ClFN6O. The van der Waals surface area contributed by atoms with Crippen LogP contribution in [0.15, 0.2) is 71.8 Å². The number of nitrogens with one attached hydrogen (secondary N) is 3. The Kier molecular flexibility index (Phi) is 6.55. The van der Waals surface area contributed by atoms with Gasteiger partial charge in [0.2, 0.25) is 0 Å². The predicted molar refractivity (Wildman–Crippen MR) is 131 cm³/mol. The van der Waals surface area contributed by atoms with Crippen LogP contribution >= 0.6 is 11.6 Å². The van der Waals surface area contributed by atoms with E-state index >= 15 is 0 Å². The van der Waals surface area contributed by atoms with Crippen LogP contribution in [0.4, 0.5) is 15.8 Å². The van der Waals surface area contributed by atoms with Crippen molar-refractivity contribution < 1.29 is 4.39 Å². The van der Waals surface area contributed by atoms with Crippen LogP contribution in [0.25, 0.3) is 21.9 Å². The number of fused-ring (bicyclic) bond motifs is 2. The monoisotopic (exact) mass is 464 g/mol. The van der Waals surface area contributed by atoms with E-state index in [4.69, 9.17) is 11.6 Å². The van der Waals surface area contributed by atoms with Crippen molar-refractivity contribution in [2.45, 2.75) is 20.4 Å². The van der Waals surface area contributed by atoms with Crippen molar-refractivity contribution in [1.82, 2.24) is 19.6 Å². The number of anilines is 2. The zero-order chi connectivity index (χ0) is 23.4. The lowest BCUT2D eigenvalue weighted by Gasteiger charge is -2.17. The molecule has 0 unspecified atom stereocenters. The quantitative estimate of drug-likeness (QED) is 0.316. The first-order chi connectivity index (χ1) is 16.1. The van der Waals surface area contributed by atoms with Gasteiger partial charge in [-0.25, -0.2) is 19.0 Å². The molecule has 0 aliphatic rings. The van der Waals surface area contributed by atoms with Crippen molar-refractivity contribution in [2.75, 3.05) is 10.7 Å². The Morgan fingerprint density at radius 1 is 1.09 bits per heavy atom. The fourth-order valence-corrected chi connectivity index (χ4v) is 3.66. The predicted octanol–water partition coefficient (Wildman–Crippen LogP) is 5.58. The number of hydrogen-bond donors (Lipinski definition) is 3. The van der Waals surface area contributed by atoms with Gasteiger partial charge in [-0.1, -0.05) is 31.5 Å². The fraction of sp³-hybridized carbons (Fsp3) is 0.125. The van der Waals surface area contributed by atoms with Gasteiger partial charge in [0.05, 0.1) is 28.2 Å². The molecule has 3 aromatic heterocycles. The van der Waals surface area contributed by atoms with Crippen LogP contribution in [0.2, 0.25) is 5.02 Å². The van der Waals surface area contributed by atoms with E-state index in [0.717, 1.165) is 16.7 Å². The average Bonchev–Trinajstić information content (AvgIpc) is 3.32. The van der Waals surface area contributed by atoms with E-state index in [2.05, 4.69) is 25.7 Å². The topological polar surface area (TPSA) is 87.6 Å². The third kappa shape index (κ3) is 4.51. The summed E-state index contributed by atoms with van der Waals surface area (Å²) in [4.78, 5) is 25.3. The van der Waals surface area contributed by atoms with Crippen LogP contribution in [-0.2, 0) is 6.54 Å². The van der Waals surface area contributed by atoms with E-state index < -0.39 is 0 Å². The minimum Gasteiger partial charge on any atom is -0.377 e. The molecule has 168 valence electrons. The molecule has 0 saturated carbocycles. The average molecular weight is 465 g/mol. The van der Waals surface area contributed by atoms with Crippen LogP contribution in [0, 0.1) is 5.82 Å². The third-order valence-corrected chi connectivity index (χ3v) is 5.21. The molecule has 5 aromatic rings. The summed E-state index contributed by atoms with van der Waals surface area (Å²) in [6, 6.07) is 14.6. The first-order valence-corrected chi connectivity index (χ1v) is 10.9. The maximum atomic E-state index is 13.3. The van der Waals surface area contributed by atoms with Crippen molar-refractivity contribution in [3.05, 3.63) is 94.0 Å². The van der Waals surface area contributed by atoms with Gasteiger partial charge in [-0.15, -0.1) is 0 Å². The molecule has 2 aromatic carbocycles. The van der Waals surface area contributed by atoms with E-state index in [9.17, 15) is 9.18 Å². The number of aromatic nitrogens is 4. The van der Waals surface area contributed by atoms with Crippen LogP contribution < -0.4 is 16.3 Å². The molecule has 3 N–H and O–H groups in total. The molecule has 0 fully saturated rings. The molecule has 9 heteroatoms. The first kappa shape index (κ1) is 22.3. The number of benzene rings is 2. The molecule has 0 atom stereocenters. The lowest BCUT2D eigenvalue weighted by molar-refractivity contribution is 0.628. The maximum absolute atomic E-state index is 13.3. The Bertz CT molecular complexity index is 1460. The largest absolute Gasteiger partial charge is 0.377 e. The number of nitrogens with zero attached hydrogens (tertiary/aromatic N) is 3. The lowest BCUT2D eigenvalue weighted by atomic mass is 10.2. The van der Waals surface area contributed by atoms with Gasteiger partial charge in [-0.05, 0) is 48.5 Å². The molecule has 3 heterocycles. The molecular weight excluding hydrogens is 443 g/mol. The maximum Gasteiger partial charge on any atom is 0.281 e. The number of H-pyrrole nitrogens is 1. The summed E-state index contributed by atoms with van der Waals surface area (Å²) in [6.07, 6.45) is 3.50. The summed E-state index contributed by atoms with van der Waals surface area (Å²) in [5, 5.41) is 4.86. The number of pyridine rings is 1. The van der Waals surface area contributed by atoms with Gasteiger partial charge in [-0.3, -0.25) is 10.2 Å². The van der Waals surface area contributed by atoms with Crippen LogP contribution in [0.1, 0.15) is 19.7 Å². The second kappa shape index (κ2) is 9.70. The highest BCUT2D eigenvalue weighted by Crippen LogP contribution is 2.22. The van der Waals surface area contributed by atoms with Gasteiger partial charge in [0, 0.05) is 23.5 Å². The van der Waals surface area contributed by atoms with Gasteiger partial charge in [0.15, 0.2) is 5.82 Å². The Balaban J connectivity index is 0.00000126. The van der Waals surface area contributed by atoms with Crippen molar-refractivity contribution >= 4 is 44.9 Å². The Hall–Kier alpha value is -3.91. The molecule has 7 nitrogen and oxygen atoms in total. The van der Waals surface area contributed by atoms with Crippen molar-refractivity contribution in [2.24, 2.45) is 0 Å². The van der Waals surface area contributed by atoms with E-state index in [-0.39, 0.29) is 17.9 Å². The van der Waals surface area contributed by atoms with E-state index in [1.165, 1.54) is 16.8 Å². The Labute approximate surface area is 194 Å². The molecule has 0 aliphatic heterocycles. The smallest absolute Gasteiger partial charge is 0.281 e. The molecule has 0 amide bonds. The van der Waals surface area contributed by atoms with Gasteiger partial charge in [0.25, 0.3) is 5.56 Å². The second-order valence-electron chi connectivity index (χ2n) is 6.87. The molecule has 0 radical (unpaired) electrons. The second-order valence-corrected chi connectivity index (χ2v) is 7.28. The number of aromatic amines is 1. The van der Waals surface area contributed by atoms with Crippen molar-refractivity contribution in [1.29, 1.82) is 0 Å². The third-order valence-electron chi connectivity index (χ3n) is 4.90. The standard InChI is InChI=1S/C22H16ClFN6O.C2H6/c23-16-2-1-3-18-20(16)22(31)30(29-14-6-4-13(24)5-7-14)19(28-18)12-27-17-9-11-26-21-15(17)8-10-25-21;1-2/h1-11,29H,12H2,(H2,25,26,27);1-2H3. The van der Waals surface area contributed by atoms with Crippen molar-refractivity contribution in [3.8, 4) is 0 Å². The zero-order valence-corrected chi connectivity index (χ0v) is 18.8. The van der Waals surface area contributed by atoms with Gasteiger partial charge >= 0.3 is 0 Å². The highest BCUT2D eigenvalue weighted by molar-refractivity contribution is 6.35. The minimum atomic E-state index is -0.368. The fourth-order valence-electron chi connectivity index (χ4n) is 3.41. The molecule has 0 aliphatic carbocycles. The van der Waals surface area contributed by atoms with E-state index in [1.807, 2.05) is 32.2 Å². The van der Waals surface area contributed by atoms with Crippen LogP contribution in [0.5, 0.6) is 0 Å². The molecule has 0 saturated heterocycles. The minimum absolute atomic E-state index is 0.246. The Morgan fingerprint density at radius 3 is 2.67 bits per heavy atom. The van der Waals surface area contributed by atoms with Crippen molar-refractivity contribution in [3.63, 3.8) is 0 Å².